The Kier molecular flexibility index (Phi) is 6.93. The lowest BCUT2D eigenvalue weighted by Crippen LogP contribution is -2.56. The molecule has 2 nitrogen and oxygen atoms in total. The molecule has 0 saturated carbocycles. The van der Waals surface area contributed by atoms with Gasteiger partial charge in [-0.2, -0.15) is 0 Å². The van der Waals surface area contributed by atoms with Crippen molar-refractivity contribution in [3.05, 3.63) is 12.2 Å². The van der Waals surface area contributed by atoms with E-state index in [-0.39, 0.29) is 5.54 Å². The Morgan fingerprint density at radius 3 is 2.25 bits per heavy atom. The summed E-state index contributed by atoms with van der Waals surface area (Å²) in [4.78, 5) is 2.35. The van der Waals surface area contributed by atoms with Gasteiger partial charge in [0, 0.05) is 11.6 Å². The standard InChI is InChI=1S/C14H30N2/c1-8-14(5,16(6)7)13(15-9-2)11-10-12(3)4/h13,15H,3,8-11H2,1-2,4-7H3. The van der Waals surface area contributed by atoms with Crippen LogP contribution in [0.1, 0.15) is 47.0 Å². The smallest absolute Gasteiger partial charge is 0.0325 e. The Morgan fingerprint density at radius 1 is 1.38 bits per heavy atom. The Balaban J connectivity index is 4.64. The van der Waals surface area contributed by atoms with E-state index in [0.29, 0.717) is 6.04 Å². The molecule has 0 aromatic heterocycles. The molecule has 0 saturated heterocycles. The summed E-state index contributed by atoms with van der Waals surface area (Å²) in [6.07, 6.45) is 3.45. The first-order valence-corrected chi connectivity index (χ1v) is 6.43. The van der Waals surface area contributed by atoms with Gasteiger partial charge in [-0.25, -0.2) is 0 Å². The summed E-state index contributed by atoms with van der Waals surface area (Å²) in [5, 5.41) is 3.63. The molecule has 0 radical (unpaired) electrons. The molecular weight excluding hydrogens is 196 g/mol. The molecule has 16 heavy (non-hydrogen) atoms. The van der Waals surface area contributed by atoms with Crippen LogP contribution in [-0.4, -0.2) is 37.1 Å². The third-order valence-electron chi connectivity index (χ3n) is 3.80. The summed E-state index contributed by atoms with van der Waals surface area (Å²) < 4.78 is 0. The lowest BCUT2D eigenvalue weighted by molar-refractivity contribution is 0.109. The SMILES string of the molecule is C=C(C)CCC(NCC)C(C)(CC)N(C)C. The molecule has 0 rings (SSSR count). The van der Waals surface area contributed by atoms with E-state index in [9.17, 15) is 0 Å². The third-order valence-corrected chi connectivity index (χ3v) is 3.80. The van der Waals surface area contributed by atoms with Gasteiger partial charge >= 0.3 is 0 Å². The zero-order chi connectivity index (χ0) is 12.8. The lowest BCUT2D eigenvalue weighted by Gasteiger charge is -2.43. The fourth-order valence-corrected chi connectivity index (χ4v) is 2.14. The van der Waals surface area contributed by atoms with Crippen molar-refractivity contribution in [2.45, 2.75) is 58.5 Å². The first kappa shape index (κ1) is 15.7. The molecule has 96 valence electrons. The van der Waals surface area contributed by atoms with E-state index in [1.165, 1.54) is 12.0 Å². The Hall–Kier alpha value is -0.340. The quantitative estimate of drug-likeness (QED) is 0.640. The van der Waals surface area contributed by atoms with E-state index in [4.69, 9.17) is 0 Å². The number of hydrogen-bond donors (Lipinski definition) is 1. The molecule has 1 N–H and O–H groups in total. The zero-order valence-electron chi connectivity index (χ0n) is 12.1. The van der Waals surface area contributed by atoms with Crippen LogP contribution < -0.4 is 5.32 Å². The number of likely N-dealkylation sites (N-methyl/N-ethyl adjacent to an activating group) is 2. The predicted octanol–water partition coefficient (Wildman–Crippen LogP) is 3.05. The summed E-state index contributed by atoms with van der Waals surface area (Å²) in [7, 11) is 4.35. The van der Waals surface area contributed by atoms with Crippen LogP contribution in [0.15, 0.2) is 12.2 Å². The molecule has 0 aromatic carbocycles. The van der Waals surface area contributed by atoms with Crippen LogP contribution in [0.5, 0.6) is 0 Å². The van der Waals surface area contributed by atoms with Gasteiger partial charge in [-0.05, 0) is 53.8 Å². The van der Waals surface area contributed by atoms with Crippen LogP contribution in [0.2, 0.25) is 0 Å². The molecule has 0 bridgehead atoms. The highest BCUT2D eigenvalue weighted by Gasteiger charge is 2.33. The van der Waals surface area contributed by atoms with Gasteiger partial charge in [-0.3, -0.25) is 0 Å². The first-order chi connectivity index (χ1) is 7.38. The van der Waals surface area contributed by atoms with Crippen molar-refractivity contribution in [3.8, 4) is 0 Å². The van der Waals surface area contributed by atoms with Gasteiger partial charge in [-0.1, -0.05) is 19.4 Å². The number of nitrogens with zero attached hydrogens (tertiary/aromatic N) is 1. The minimum Gasteiger partial charge on any atom is -0.312 e. The minimum atomic E-state index is 0.228. The summed E-state index contributed by atoms with van der Waals surface area (Å²) in [5.41, 5.74) is 1.51. The second kappa shape index (κ2) is 7.08. The molecule has 0 aliphatic carbocycles. The van der Waals surface area contributed by atoms with Gasteiger partial charge < -0.3 is 10.2 Å². The normalized spacial score (nSPS) is 17.2. The molecule has 2 heteroatoms. The van der Waals surface area contributed by atoms with Gasteiger partial charge in [0.15, 0.2) is 0 Å². The van der Waals surface area contributed by atoms with Crippen molar-refractivity contribution < 1.29 is 0 Å². The van der Waals surface area contributed by atoms with Crippen molar-refractivity contribution in [2.24, 2.45) is 0 Å². The fraction of sp³-hybridized carbons (Fsp3) is 0.857. The molecule has 0 spiro atoms. The molecule has 0 aliphatic heterocycles. The topological polar surface area (TPSA) is 15.3 Å². The molecule has 0 aliphatic rings. The van der Waals surface area contributed by atoms with Gasteiger partial charge in [0.2, 0.25) is 0 Å². The van der Waals surface area contributed by atoms with Crippen LogP contribution in [0.25, 0.3) is 0 Å². The maximum Gasteiger partial charge on any atom is 0.0325 e. The lowest BCUT2D eigenvalue weighted by atomic mass is 9.84. The van der Waals surface area contributed by atoms with E-state index in [0.717, 1.165) is 19.4 Å². The van der Waals surface area contributed by atoms with Crippen LogP contribution in [0.4, 0.5) is 0 Å². The maximum atomic E-state index is 4.00. The van der Waals surface area contributed by atoms with Crippen LogP contribution >= 0.6 is 0 Å². The molecular formula is C14H30N2. The van der Waals surface area contributed by atoms with Crippen molar-refractivity contribution in [3.63, 3.8) is 0 Å². The second-order valence-corrected chi connectivity index (χ2v) is 5.21. The van der Waals surface area contributed by atoms with Crippen LogP contribution in [-0.2, 0) is 0 Å². The highest BCUT2D eigenvalue weighted by atomic mass is 15.2. The van der Waals surface area contributed by atoms with Gasteiger partial charge in [-0.15, -0.1) is 6.58 Å². The Morgan fingerprint density at radius 2 is 1.94 bits per heavy atom. The maximum absolute atomic E-state index is 4.00. The Bertz CT molecular complexity index is 211. The van der Waals surface area contributed by atoms with Gasteiger partial charge in [0.05, 0.1) is 0 Å². The zero-order valence-corrected chi connectivity index (χ0v) is 12.1. The van der Waals surface area contributed by atoms with E-state index < -0.39 is 0 Å². The molecule has 0 heterocycles. The van der Waals surface area contributed by atoms with Crippen LogP contribution in [0, 0.1) is 0 Å². The summed E-state index contributed by atoms with van der Waals surface area (Å²) >= 11 is 0. The molecule has 0 aromatic rings. The van der Waals surface area contributed by atoms with Crippen molar-refractivity contribution in [1.29, 1.82) is 0 Å². The minimum absolute atomic E-state index is 0.228. The predicted molar refractivity (Wildman–Crippen MR) is 73.9 cm³/mol. The Labute approximate surface area is 102 Å². The largest absolute Gasteiger partial charge is 0.312 e. The van der Waals surface area contributed by atoms with Crippen molar-refractivity contribution in [1.82, 2.24) is 10.2 Å². The second-order valence-electron chi connectivity index (χ2n) is 5.21. The fourth-order valence-electron chi connectivity index (χ4n) is 2.14. The monoisotopic (exact) mass is 226 g/mol. The highest BCUT2D eigenvalue weighted by molar-refractivity contribution is 4.97. The molecule has 0 amide bonds. The van der Waals surface area contributed by atoms with Crippen molar-refractivity contribution in [2.75, 3.05) is 20.6 Å². The number of nitrogens with one attached hydrogen (secondary N) is 1. The van der Waals surface area contributed by atoms with Gasteiger partial charge in [0.25, 0.3) is 0 Å². The van der Waals surface area contributed by atoms with E-state index in [2.05, 4.69) is 58.6 Å². The average Bonchev–Trinajstić information content (AvgIpc) is 2.22. The van der Waals surface area contributed by atoms with E-state index in [1.807, 2.05) is 0 Å². The summed E-state index contributed by atoms with van der Waals surface area (Å²) in [5.74, 6) is 0. The number of allylic oxidation sites excluding steroid dienone is 1. The third kappa shape index (κ3) is 4.26. The average molecular weight is 226 g/mol. The molecule has 2 atom stereocenters. The number of rotatable bonds is 8. The van der Waals surface area contributed by atoms with Crippen LogP contribution in [0.3, 0.4) is 0 Å². The van der Waals surface area contributed by atoms with E-state index in [1.54, 1.807) is 0 Å². The van der Waals surface area contributed by atoms with Gasteiger partial charge in [0.1, 0.15) is 0 Å². The molecule has 0 fully saturated rings. The summed E-state index contributed by atoms with van der Waals surface area (Å²) in [6, 6.07) is 0.536. The number of hydrogen-bond acceptors (Lipinski definition) is 2. The van der Waals surface area contributed by atoms with Crippen molar-refractivity contribution >= 4 is 0 Å². The van der Waals surface area contributed by atoms with E-state index >= 15 is 0 Å². The molecule has 2 unspecified atom stereocenters. The highest BCUT2D eigenvalue weighted by Crippen LogP contribution is 2.25. The first-order valence-electron chi connectivity index (χ1n) is 6.43. The summed E-state index contributed by atoms with van der Waals surface area (Å²) in [6.45, 7) is 13.9.